The minimum absolute atomic E-state index is 0.200. The van der Waals surface area contributed by atoms with E-state index in [9.17, 15) is 9.59 Å². The number of methoxy groups -OCH3 is 3. The summed E-state index contributed by atoms with van der Waals surface area (Å²) in [5, 5.41) is 5.31. The standard InChI is InChI=1S/C22H28N2O5S/c1-15(30-16-10-11-19(28-3)20(14-16)29-4)21(25)24-18-9-6-5-8-17(18)22(26)23-12-7-13-27-2/h5-6,8-11,14-15H,7,12-13H2,1-4H3,(H,23,26)(H,24,25)/t15-/m0/s1. The Kier molecular flexibility index (Phi) is 9.50. The quantitative estimate of drug-likeness (QED) is 0.417. The molecule has 0 aliphatic rings. The third-order valence-corrected chi connectivity index (χ3v) is 5.37. The Morgan fingerprint density at radius 2 is 1.77 bits per heavy atom. The summed E-state index contributed by atoms with van der Waals surface area (Å²) in [6, 6.07) is 12.5. The zero-order valence-corrected chi connectivity index (χ0v) is 18.5. The number of rotatable bonds is 11. The maximum absolute atomic E-state index is 12.7. The number of para-hydroxylation sites is 1. The molecule has 2 amide bonds. The van der Waals surface area contributed by atoms with Gasteiger partial charge in [-0.25, -0.2) is 0 Å². The molecule has 8 heteroatoms. The van der Waals surface area contributed by atoms with Gasteiger partial charge in [-0.2, -0.15) is 0 Å². The van der Waals surface area contributed by atoms with Crippen LogP contribution in [0, 0.1) is 0 Å². The van der Waals surface area contributed by atoms with Gasteiger partial charge in [-0.3, -0.25) is 9.59 Å². The number of benzene rings is 2. The number of hydrogen-bond donors (Lipinski definition) is 2. The van der Waals surface area contributed by atoms with Gasteiger partial charge in [0.1, 0.15) is 0 Å². The fraction of sp³-hybridized carbons (Fsp3) is 0.364. The Balaban J connectivity index is 2.02. The number of carbonyl (C=O) groups excluding carboxylic acids is 2. The Morgan fingerprint density at radius 1 is 1.03 bits per heavy atom. The molecule has 0 saturated carbocycles. The van der Waals surface area contributed by atoms with E-state index in [0.29, 0.717) is 35.9 Å². The second-order valence-corrected chi connectivity index (χ2v) is 7.83. The second kappa shape index (κ2) is 12.1. The van der Waals surface area contributed by atoms with E-state index in [1.54, 1.807) is 51.7 Å². The lowest BCUT2D eigenvalue weighted by atomic mass is 10.1. The molecule has 0 aromatic heterocycles. The van der Waals surface area contributed by atoms with Gasteiger partial charge in [-0.15, -0.1) is 11.8 Å². The molecule has 7 nitrogen and oxygen atoms in total. The summed E-state index contributed by atoms with van der Waals surface area (Å²) >= 11 is 1.39. The average molecular weight is 433 g/mol. The first-order chi connectivity index (χ1) is 14.5. The van der Waals surface area contributed by atoms with E-state index in [0.717, 1.165) is 11.3 Å². The molecule has 0 heterocycles. The summed E-state index contributed by atoms with van der Waals surface area (Å²) in [6.07, 6.45) is 0.718. The molecule has 2 aromatic rings. The molecule has 0 aliphatic heterocycles. The molecule has 2 rings (SSSR count). The number of ether oxygens (including phenoxy) is 3. The number of nitrogens with one attached hydrogen (secondary N) is 2. The van der Waals surface area contributed by atoms with E-state index < -0.39 is 0 Å². The van der Waals surface area contributed by atoms with E-state index in [2.05, 4.69) is 10.6 Å². The van der Waals surface area contributed by atoms with Gasteiger partial charge in [0, 0.05) is 25.2 Å². The maximum atomic E-state index is 12.7. The summed E-state index contributed by atoms with van der Waals surface area (Å²) in [5.74, 6) is 0.798. The molecule has 0 spiro atoms. The van der Waals surface area contributed by atoms with Crippen LogP contribution in [-0.2, 0) is 9.53 Å². The molecule has 2 N–H and O–H groups in total. The number of anilines is 1. The fourth-order valence-corrected chi connectivity index (χ4v) is 3.58. The minimum Gasteiger partial charge on any atom is -0.493 e. The highest BCUT2D eigenvalue weighted by Crippen LogP contribution is 2.33. The van der Waals surface area contributed by atoms with Crippen molar-refractivity contribution in [3.05, 3.63) is 48.0 Å². The van der Waals surface area contributed by atoms with Crippen molar-refractivity contribution in [2.24, 2.45) is 0 Å². The SMILES string of the molecule is COCCCNC(=O)c1ccccc1NC(=O)[C@H](C)Sc1ccc(OC)c(OC)c1. The highest BCUT2D eigenvalue weighted by molar-refractivity contribution is 8.00. The topological polar surface area (TPSA) is 85.9 Å². The predicted octanol–water partition coefficient (Wildman–Crippen LogP) is 3.59. The summed E-state index contributed by atoms with van der Waals surface area (Å²) < 4.78 is 15.5. The fourth-order valence-electron chi connectivity index (χ4n) is 2.69. The van der Waals surface area contributed by atoms with E-state index in [1.165, 1.54) is 11.8 Å². The zero-order chi connectivity index (χ0) is 21.9. The molecule has 0 fully saturated rings. The Labute approximate surface area is 181 Å². The van der Waals surface area contributed by atoms with Crippen LogP contribution < -0.4 is 20.1 Å². The first kappa shape index (κ1) is 23.6. The molecule has 0 saturated heterocycles. The highest BCUT2D eigenvalue weighted by Gasteiger charge is 2.19. The Bertz CT molecular complexity index is 859. The lowest BCUT2D eigenvalue weighted by Gasteiger charge is -2.15. The smallest absolute Gasteiger partial charge is 0.253 e. The molecule has 0 bridgehead atoms. The van der Waals surface area contributed by atoms with Gasteiger partial charge in [0.15, 0.2) is 11.5 Å². The van der Waals surface area contributed by atoms with Crippen LogP contribution >= 0.6 is 11.8 Å². The predicted molar refractivity (Wildman–Crippen MR) is 119 cm³/mol. The molecule has 1 atom stereocenters. The maximum Gasteiger partial charge on any atom is 0.253 e. The summed E-state index contributed by atoms with van der Waals surface area (Å²) in [5.41, 5.74) is 0.901. The van der Waals surface area contributed by atoms with Crippen molar-refractivity contribution in [1.29, 1.82) is 0 Å². The average Bonchev–Trinajstić information content (AvgIpc) is 2.76. The number of carbonyl (C=O) groups is 2. The van der Waals surface area contributed by atoms with E-state index in [1.807, 2.05) is 19.1 Å². The van der Waals surface area contributed by atoms with E-state index >= 15 is 0 Å². The van der Waals surface area contributed by atoms with Gasteiger partial charge in [-0.05, 0) is 43.7 Å². The molecule has 162 valence electrons. The monoisotopic (exact) mass is 432 g/mol. The van der Waals surface area contributed by atoms with Gasteiger partial charge in [-0.1, -0.05) is 12.1 Å². The van der Waals surface area contributed by atoms with Gasteiger partial charge in [0.05, 0.1) is 30.7 Å². The van der Waals surface area contributed by atoms with Crippen LogP contribution in [0.5, 0.6) is 11.5 Å². The van der Waals surface area contributed by atoms with Crippen LogP contribution in [-0.4, -0.2) is 51.5 Å². The zero-order valence-electron chi connectivity index (χ0n) is 17.7. The highest BCUT2D eigenvalue weighted by atomic mass is 32.2. The summed E-state index contributed by atoms with van der Waals surface area (Å²) in [6.45, 7) is 2.88. The number of thioether (sulfide) groups is 1. The third kappa shape index (κ3) is 6.67. The molecule has 0 unspecified atom stereocenters. The van der Waals surface area contributed by atoms with Gasteiger partial charge >= 0.3 is 0 Å². The Hall–Kier alpha value is -2.71. The molecule has 2 aromatic carbocycles. The lowest BCUT2D eigenvalue weighted by Crippen LogP contribution is -2.28. The van der Waals surface area contributed by atoms with Crippen molar-refractivity contribution in [3.63, 3.8) is 0 Å². The van der Waals surface area contributed by atoms with Gasteiger partial charge in [0.2, 0.25) is 5.91 Å². The molecule has 0 aliphatic carbocycles. The minimum atomic E-state index is -0.388. The number of hydrogen-bond acceptors (Lipinski definition) is 6. The van der Waals surface area contributed by atoms with E-state index in [4.69, 9.17) is 14.2 Å². The lowest BCUT2D eigenvalue weighted by molar-refractivity contribution is -0.115. The van der Waals surface area contributed by atoms with Crippen molar-refractivity contribution >= 4 is 29.3 Å². The first-order valence-corrected chi connectivity index (χ1v) is 10.4. The largest absolute Gasteiger partial charge is 0.493 e. The van der Waals surface area contributed by atoms with Crippen molar-refractivity contribution in [1.82, 2.24) is 5.32 Å². The molecular formula is C22H28N2O5S. The summed E-state index contributed by atoms with van der Waals surface area (Å²) in [4.78, 5) is 26.1. The Morgan fingerprint density at radius 3 is 2.47 bits per heavy atom. The van der Waals surface area contributed by atoms with Crippen LogP contribution in [0.1, 0.15) is 23.7 Å². The first-order valence-electron chi connectivity index (χ1n) is 9.55. The van der Waals surface area contributed by atoms with Crippen molar-refractivity contribution in [2.75, 3.05) is 39.8 Å². The van der Waals surface area contributed by atoms with Gasteiger partial charge < -0.3 is 24.8 Å². The molecular weight excluding hydrogens is 404 g/mol. The second-order valence-electron chi connectivity index (χ2n) is 6.41. The van der Waals surface area contributed by atoms with Crippen LogP contribution in [0.25, 0.3) is 0 Å². The van der Waals surface area contributed by atoms with Crippen molar-refractivity contribution < 1.29 is 23.8 Å². The van der Waals surface area contributed by atoms with Crippen LogP contribution in [0.2, 0.25) is 0 Å². The van der Waals surface area contributed by atoms with Gasteiger partial charge in [0.25, 0.3) is 5.91 Å². The molecule has 30 heavy (non-hydrogen) atoms. The molecule has 0 radical (unpaired) electrons. The number of amides is 2. The van der Waals surface area contributed by atoms with Crippen LogP contribution in [0.4, 0.5) is 5.69 Å². The summed E-state index contributed by atoms with van der Waals surface area (Å²) in [7, 11) is 4.76. The van der Waals surface area contributed by atoms with Crippen molar-refractivity contribution in [2.45, 2.75) is 23.5 Å². The third-order valence-electron chi connectivity index (χ3n) is 4.28. The normalized spacial score (nSPS) is 11.5. The van der Waals surface area contributed by atoms with Crippen LogP contribution in [0.3, 0.4) is 0 Å². The van der Waals surface area contributed by atoms with Crippen molar-refractivity contribution in [3.8, 4) is 11.5 Å². The van der Waals surface area contributed by atoms with E-state index in [-0.39, 0.29) is 17.1 Å². The van der Waals surface area contributed by atoms with Crippen LogP contribution in [0.15, 0.2) is 47.4 Å².